The van der Waals surface area contributed by atoms with E-state index in [-0.39, 0.29) is 0 Å². The third kappa shape index (κ3) is 4.96. The largest absolute Gasteiger partial charge is 0.313 e. The first kappa shape index (κ1) is 16.2. The van der Waals surface area contributed by atoms with Crippen molar-refractivity contribution in [1.29, 1.82) is 0 Å². The number of hydrogen-bond donors (Lipinski definition) is 1. The first-order chi connectivity index (χ1) is 9.12. The molecule has 1 rings (SSSR count). The van der Waals surface area contributed by atoms with Crippen molar-refractivity contribution in [2.45, 2.75) is 52.6 Å². The second-order valence-corrected chi connectivity index (χ2v) is 5.43. The quantitative estimate of drug-likeness (QED) is 0.767. The molecule has 0 amide bonds. The van der Waals surface area contributed by atoms with Gasteiger partial charge in [-0.25, -0.2) is 0 Å². The van der Waals surface area contributed by atoms with Crippen molar-refractivity contribution in [3.05, 3.63) is 35.4 Å². The Labute approximate surface area is 119 Å². The zero-order chi connectivity index (χ0) is 14.3. The SMILES string of the molecule is CCC(C)N(CC)CCC(NC)c1ccc(C)cc1. The maximum absolute atomic E-state index is 3.45. The van der Waals surface area contributed by atoms with Gasteiger partial charge in [0.05, 0.1) is 0 Å². The lowest BCUT2D eigenvalue weighted by Crippen LogP contribution is -2.35. The molecule has 2 unspecified atom stereocenters. The van der Waals surface area contributed by atoms with Crippen LogP contribution < -0.4 is 5.32 Å². The van der Waals surface area contributed by atoms with Gasteiger partial charge in [-0.05, 0) is 45.8 Å². The maximum atomic E-state index is 3.45. The highest BCUT2D eigenvalue weighted by molar-refractivity contribution is 5.24. The van der Waals surface area contributed by atoms with E-state index in [4.69, 9.17) is 0 Å². The highest BCUT2D eigenvalue weighted by Gasteiger charge is 2.14. The van der Waals surface area contributed by atoms with E-state index in [1.807, 2.05) is 0 Å². The molecule has 0 aliphatic heterocycles. The molecule has 1 N–H and O–H groups in total. The second-order valence-electron chi connectivity index (χ2n) is 5.43. The molecule has 0 saturated carbocycles. The Morgan fingerprint density at radius 2 is 1.79 bits per heavy atom. The van der Waals surface area contributed by atoms with E-state index >= 15 is 0 Å². The summed E-state index contributed by atoms with van der Waals surface area (Å²) in [6.07, 6.45) is 2.39. The molecule has 0 aliphatic carbocycles. The number of rotatable bonds is 8. The lowest BCUT2D eigenvalue weighted by Gasteiger charge is -2.29. The Morgan fingerprint density at radius 1 is 1.16 bits per heavy atom. The molecule has 0 spiro atoms. The average Bonchev–Trinajstić information content (AvgIpc) is 2.44. The van der Waals surface area contributed by atoms with Gasteiger partial charge in [0.15, 0.2) is 0 Å². The molecule has 0 aliphatic rings. The first-order valence-electron chi connectivity index (χ1n) is 7.60. The van der Waals surface area contributed by atoms with Crippen LogP contribution in [0.2, 0.25) is 0 Å². The van der Waals surface area contributed by atoms with Crippen LogP contribution >= 0.6 is 0 Å². The molecule has 0 radical (unpaired) electrons. The van der Waals surface area contributed by atoms with E-state index in [0.717, 1.165) is 19.5 Å². The second kappa shape index (κ2) is 8.34. The van der Waals surface area contributed by atoms with Crippen LogP contribution in [0.25, 0.3) is 0 Å². The van der Waals surface area contributed by atoms with Gasteiger partial charge in [0.2, 0.25) is 0 Å². The van der Waals surface area contributed by atoms with Gasteiger partial charge in [0.1, 0.15) is 0 Å². The van der Waals surface area contributed by atoms with Gasteiger partial charge in [0, 0.05) is 18.6 Å². The van der Waals surface area contributed by atoms with Crippen LogP contribution in [-0.2, 0) is 0 Å². The number of benzene rings is 1. The third-order valence-electron chi connectivity index (χ3n) is 4.15. The molecular weight excluding hydrogens is 232 g/mol. The molecule has 108 valence electrons. The summed E-state index contributed by atoms with van der Waals surface area (Å²) in [5.74, 6) is 0. The summed E-state index contributed by atoms with van der Waals surface area (Å²) < 4.78 is 0. The zero-order valence-electron chi connectivity index (χ0n) is 13.2. The predicted octanol–water partition coefficient (Wildman–Crippen LogP) is 3.77. The predicted molar refractivity (Wildman–Crippen MR) is 84.6 cm³/mol. The van der Waals surface area contributed by atoms with Crippen LogP contribution in [0.5, 0.6) is 0 Å². The van der Waals surface area contributed by atoms with Crippen LogP contribution in [0.15, 0.2) is 24.3 Å². The Bertz CT molecular complexity index is 345. The van der Waals surface area contributed by atoms with Gasteiger partial charge in [0.25, 0.3) is 0 Å². The van der Waals surface area contributed by atoms with Crippen molar-refractivity contribution in [3.8, 4) is 0 Å². The Kier molecular flexibility index (Phi) is 7.11. The van der Waals surface area contributed by atoms with Crippen molar-refractivity contribution in [3.63, 3.8) is 0 Å². The molecule has 19 heavy (non-hydrogen) atoms. The summed E-state index contributed by atoms with van der Waals surface area (Å²) in [6.45, 7) is 11.3. The van der Waals surface area contributed by atoms with Crippen molar-refractivity contribution >= 4 is 0 Å². The van der Waals surface area contributed by atoms with E-state index < -0.39 is 0 Å². The minimum atomic E-state index is 0.457. The molecule has 0 aromatic heterocycles. The van der Waals surface area contributed by atoms with E-state index in [1.165, 1.54) is 17.5 Å². The van der Waals surface area contributed by atoms with Crippen molar-refractivity contribution in [1.82, 2.24) is 10.2 Å². The normalized spacial score (nSPS) is 14.6. The number of nitrogens with one attached hydrogen (secondary N) is 1. The fourth-order valence-corrected chi connectivity index (χ4v) is 2.52. The summed E-state index contributed by atoms with van der Waals surface area (Å²) >= 11 is 0. The average molecular weight is 262 g/mol. The molecule has 1 aromatic rings. The van der Waals surface area contributed by atoms with Gasteiger partial charge in [-0.2, -0.15) is 0 Å². The molecule has 0 bridgehead atoms. The molecule has 1 aromatic carbocycles. The lowest BCUT2D eigenvalue weighted by molar-refractivity contribution is 0.204. The fraction of sp³-hybridized carbons (Fsp3) is 0.647. The van der Waals surface area contributed by atoms with Gasteiger partial charge in [-0.3, -0.25) is 0 Å². The van der Waals surface area contributed by atoms with Crippen LogP contribution in [0.1, 0.15) is 50.8 Å². The Morgan fingerprint density at radius 3 is 2.26 bits per heavy atom. The van der Waals surface area contributed by atoms with E-state index in [2.05, 4.69) is 69.2 Å². The van der Waals surface area contributed by atoms with Gasteiger partial charge >= 0.3 is 0 Å². The molecule has 0 saturated heterocycles. The van der Waals surface area contributed by atoms with Crippen molar-refractivity contribution in [2.24, 2.45) is 0 Å². The van der Waals surface area contributed by atoms with Crippen LogP contribution in [0.3, 0.4) is 0 Å². The summed E-state index contributed by atoms with van der Waals surface area (Å²) in [6, 6.07) is 10.0. The van der Waals surface area contributed by atoms with E-state index in [9.17, 15) is 0 Å². The summed E-state index contributed by atoms with van der Waals surface area (Å²) in [7, 11) is 2.06. The first-order valence-corrected chi connectivity index (χ1v) is 7.60. The molecular formula is C17H30N2. The number of aryl methyl sites for hydroxylation is 1. The molecule has 2 nitrogen and oxygen atoms in total. The maximum Gasteiger partial charge on any atom is 0.0329 e. The van der Waals surface area contributed by atoms with Gasteiger partial charge in [-0.15, -0.1) is 0 Å². The number of nitrogens with zero attached hydrogens (tertiary/aromatic N) is 1. The van der Waals surface area contributed by atoms with Crippen molar-refractivity contribution < 1.29 is 0 Å². The van der Waals surface area contributed by atoms with Gasteiger partial charge in [-0.1, -0.05) is 43.7 Å². The Hall–Kier alpha value is -0.860. The standard InChI is InChI=1S/C17H30N2/c1-6-15(4)19(7-2)13-12-17(18-5)16-10-8-14(3)9-11-16/h8-11,15,17-18H,6-7,12-13H2,1-5H3. The minimum absolute atomic E-state index is 0.457. The Balaban J connectivity index is 2.59. The molecule has 0 fully saturated rings. The van der Waals surface area contributed by atoms with Crippen molar-refractivity contribution in [2.75, 3.05) is 20.1 Å². The lowest BCUT2D eigenvalue weighted by atomic mass is 10.0. The smallest absolute Gasteiger partial charge is 0.0329 e. The van der Waals surface area contributed by atoms with Crippen LogP contribution in [0.4, 0.5) is 0 Å². The summed E-state index contributed by atoms with van der Waals surface area (Å²) in [5, 5.41) is 3.45. The topological polar surface area (TPSA) is 15.3 Å². The van der Waals surface area contributed by atoms with E-state index in [0.29, 0.717) is 12.1 Å². The molecule has 2 heteroatoms. The zero-order valence-corrected chi connectivity index (χ0v) is 13.2. The molecule has 2 atom stereocenters. The van der Waals surface area contributed by atoms with Gasteiger partial charge < -0.3 is 10.2 Å². The van der Waals surface area contributed by atoms with E-state index in [1.54, 1.807) is 0 Å². The minimum Gasteiger partial charge on any atom is -0.313 e. The summed E-state index contributed by atoms with van der Waals surface area (Å²) in [5.41, 5.74) is 2.72. The fourth-order valence-electron chi connectivity index (χ4n) is 2.52. The highest BCUT2D eigenvalue weighted by atomic mass is 15.1. The summed E-state index contributed by atoms with van der Waals surface area (Å²) in [4.78, 5) is 2.57. The highest BCUT2D eigenvalue weighted by Crippen LogP contribution is 2.18. The third-order valence-corrected chi connectivity index (χ3v) is 4.15. The monoisotopic (exact) mass is 262 g/mol. The molecule has 0 heterocycles. The number of hydrogen-bond acceptors (Lipinski definition) is 2. The van der Waals surface area contributed by atoms with Crippen LogP contribution in [-0.4, -0.2) is 31.1 Å². The van der Waals surface area contributed by atoms with Crippen LogP contribution in [0, 0.1) is 6.92 Å².